The van der Waals surface area contributed by atoms with E-state index in [1.165, 1.54) is 19.2 Å². The molecular weight excluding hydrogens is 294 g/mol. The maximum atomic E-state index is 11.5. The standard InChI is InChI=1S/C14H14ClN3O3/c1-20-12-6-10(14(19)18-16)5-11(15)13(12)21-8-9-3-2-4-17-7-9/h2-7H,8,16H2,1H3,(H,18,19). The van der Waals surface area contributed by atoms with Gasteiger partial charge in [-0.15, -0.1) is 0 Å². The molecule has 110 valence electrons. The van der Waals surface area contributed by atoms with Crippen LogP contribution >= 0.6 is 11.6 Å². The predicted molar refractivity (Wildman–Crippen MR) is 78.2 cm³/mol. The van der Waals surface area contributed by atoms with E-state index in [0.717, 1.165) is 5.56 Å². The first-order chi connectivity index (χ1) is 10.2. The molecule has 0 aliphatic heterocycles. The number of nitrogens with two attached hydrogens (primary N) is 1. The highest BCUT2D eigenvalue weighted by molar-refractivity contribution is 6.32. The van der Waals surface area contributed by atoms with Crippen molar-refractivity contribution in [3.8, 4) is 11.5 Å². The van der Waals surface area contributed by atoms with Gasteiger partial charge in [0.15, 0.2) is 11.5 Å². The van der Waals surface area contributed by atoms with Crippen LogP contribution in [-0.4, -0.2) is 18.0 Å². The highest BCUT2D eigenvalue weighted by Crippen LogP contribution is 2.36. The van der Waals surface area contributed by atoms with Gasteiger partial charge >= 0.3 is 0 Å². The second-order valence-electron chi connectivity index (χ2n) is 4.11. The monoisotopic (exact) mass is 307 g/mol. The largest absolute Gasteiger partial charge is 0.493 e. The molecule has 21 heavy (non-hydrogen) atoms. The summed E-state index contributed by atoms with van der Waals surface area (Å²) < 4.78 is 10.9. The minimum Gasteiger partial charge on any atom is -0.493 e. The second-order valence-corrected chi connectivity index (χ2v) is 4.52. The number of carbonyl (C=O) groups excluding carboxylic acids is 1. The molecule has 0 atom stereocenters. The van der Waals surface area contributed by atoms with E-state index in [2.05, 4.69) is 4.98 Å². The fraction of sp³-hybridized carbons (Fsp3) is 0.143. The average Bonchev–Trinajstić information content (AvgIpc) is 2.53. The van der Waals surface area contributed by atoms with Crippen LogP contribution in [0.25, 0.3) is 0 Å². The topological polar surface area (TPSA) is 86.5 Å². The van der Waals surface area contributed by atoms with Crippen molar-refractivity contribution in [2.24, 2.45) is 5.84 Å². The average molecular weight is 308 g/mol. The first kappa shape index (κ1) is 15.1. The molecule has 0 saturated carbocycles. The van der Waals surface area contributed by atoms with Crippen molar-refractivity contribution in [3.63, 3.8) is 0 Å². The smallest absolute Gasteiger partial charge is 0.265 e. The number of halogens is 1. The van der Waals surface area contributed by atoms with Crippen molar-refractivity contribution in [3.05, 3.63) is 52.8 Å². The number of hydrazine groups is 1. The van der Waals surface area contributed by atoms with Gasteiger partial charge in [0.1, 0.15) is 6.61 Å². The number of nitrogens with one attached hydrogen (secondary N) is 1. The number of hydrogen-bond acceptors (Lipinski definition) is 5. The number of ether oxygens (including phenoxy) is 2. The van der Waals surface area contributed by atoms with Crippen molar-refractivity contribution < 1.29 is 14.3 Å². The van der Waals surface area contributed by atoms with Crippen LogP contribution in [0.3, 0.4) is 0 Å². The molecule has 1 heterocycles. The van der Waals surface area contributed by atoms with Gasteiger partial charge in [-0.1, -0.05) is 17.7 Å². The molecule has 0 fully saturated rings. The summed E-state index contributed by atoms with van der Waals surface area (Å²) in [5.41, 5.74) is 3.21. The molecule has 0 bridgehead atoms. The summed E-state index contributed by atoms with van der Waals surface area (Å²) in [5, 5.41) is 0.261. The highest BCUT2D eigenvalue weighted by Gasteiger charge is 2.15. The molecule has 7 heteroatoms. The summed E-state index contributed by atoms with van der Waals surface area (Å²) in [4.78, 5) is 15.5. The lowest BCUT2D eigenvalue weighted by Crippen LogP contribution is -2.30. The summed E-state index contributed by atoms with van der Waals surface area (Å²) in [7, 11) is 1.47. The predicted octanol–water partition coefficient (Wildman–Crippen LogP) is 1.93. The Morgan fingerprint density at radius 3 is 2.90 bits per heavy atom. The highest BCUT2D eigenvalue weighted by atomic mass is 35.5. The van der Waals surface area contributed by atoms with E-state index in [1.54, 1.807) is 12.4 Å². The molecule has 2 aromatic rings. The van der Waals surface area contributed by atoms with E-state index in [-0.39, 0.29) is 17.2 Å². The van der Waals surface area contributed by atoms with Crippen LogP contribution in [0, 0.1) is 0 Å². The van der Waals surface area contributed by atoms with Gasteiger partial charge in [-0.2, -0.15) is 0 Å². The zero-order valence-corrected chi connectivity index (χ0v) is 12.1. The zero-order chi connectivity index (χ0) is 15.2. The second kappa shape index (κ2) is 6.92. The molecule has 3 N–H and O–H groups in total. The molecule has 0 spiro atoms. The Hall–Kier alpha value is -2.31. The Balaban J connectivity index is 2.24. The Bertz CT molecular complexity index is 635. The van der Waals surface area contributed by atoms with Gasteiger partial charge in [-0.25, -0.2) is 5.84 Å². The number of rotatable bonds is 5. The maximum Gasteiger partial charge on any atom is 0.265 e. The number of hydrogen-bond donors (Lipinski definition) is 2. The molecule has 0 radical (unpaired) electrons. The Kier molecular flexibility index (Phi) is 4.97. The van der Waals surface area contributed by atoms with Crippen LogP contribution < -0.4 is 20.7 Å². The first-order valence-corrected chi connectivity index (χ1v) is 6.43. The third kappa shape index (κ3) is 3.62. The number of nitrogens with zero attached hydrogens (tertiary/aromatic N) is 1. The lowest BCUT2D eigenvalue weighted by atomic mass is 10.2. The van der Waals surface area contributed by atoms with Gasteiger partial charge in [0.2, 0.25) is 0 Å². The lowest BCUT2D eigenvalue weighted by Gasteiger charge is -2.13. The molecule has 0 aliphatic rings. The SMILES string of the molecule is COc1cc(C(=O)NN)cc(Cl)c1OCc1cccnc1. The van der Waals surface area contributed by atoms with Crippen LogP contribution in [0.15, 0.2) is 36.7 Å². The van der Waals surface area contributed by atoms with E-state index in [1.807, 2.05) is 17.6 Å². The van der Waals surface area contributed by atoms with E-state index in [0.29, 0.717) is 11.5 Å². The van der Waals surface area contributed by atoms with Gasteiger partial charge in [-0.05, 0) is 18.2 Å². The molecule has 6 nitrogen and oxygen atoms in total. The summed E-state index contributed by atoms with van der Waals surface area (Å²) in [6, 6.07) is 6.66. The van der Waals surface area contributed by atoms with Crippen LogP contribution in [-0.2, 0) is 6.61 Å². The fourth-order valence-electron chi connectivity index (χ4n) is 1.71. The van der Waals surface area contributed by atoms with Crippen LogP contribution in [0.2, 0.25) is 5.02 Å². The number of nitrogen functional groups attached to an aromatic ring is 1. The van der Waals surface area contributed by atoms with E-state index < -0.39 is 5.91 Å². The van der Waals surface area contributed by atoms with Gasteiger partial charge in [0.05, 0.1) is 12.1 Å². The molecule has 1 aromatic heterocycles. The van der Waals surface area contributed by atoms with Gasteiger partial charge < -0.3 is 9.47 Å². The number of methoxy groups -OCH3 is 1. The van der Waals surface area contributed by atoms with E-state index >= 15 is 0 Å². The molecular formula is C14H14ClN3O3. The van der Waals surface area contributed by atoms with Crippen LogP contribution in [0.1, 0.15) is 15.9 Å². The molecule has 0 saturated heterocycles. The number of aromatic nitrogens is 1. The third-order valence-corrected chi connectivity index (χ3v) is 3.01. The van der Waals surface area contributed by atoms with E-state index in [9.17, 15) is 4.79 Å². The first-order valence-electron chi connectivity index (χ1n) is 6.06. The summed E-state index contributed by atoms with van der Waals surface area (Å²) >= 11 is 6.14. The molecule has 0 unspecified atom stereocenters. The van der Waals surface area contributed by atoms with Gasteiger partial charge in [0, 0.05) is 23.5 Å². The minimum atomic E-state index is -0.464. The summed E-state index contributed by atoms with van der Waals surface area (Å²) in [6.45, 7) is 0.284. The normalized spacial score (nSPS) is 10.0. The van der Waals surface area contributed by atoms with Crippen LogP contribution in [0.4, 0.5) is 0 Å². The minimum absolute atomic E-state index is 0.261. The van der Waals surface area contributed by atoms with Crippen molar-refractivity contribution >= 4 is 17.5 Å². The van der Waals surface area contributed by atoms with E-state index in [4.69, 9.17) is 26.9 Å². The summed E-state index contributed by atoms with van der Waals surface area (Å²) in [6.07, 6.45) is 3.37. The Morgan fingerprint density at radius 1 is 1.48 bits per heavy atom. The quantitative estimate of drug-likeness (QED) is 0.501. The molecule has 0 aliphatic carbocycles. The van der Waals surface area contributed by atoms with Crippen molar-refractivity contribution in [1.29, 1.82) is 0 Å². The lowest BCUT2D eigenvalue weighted by molar-refractivity contribution is 0.0953. The van der Waals surface area contributed by atoms with Crippen molar-refractivity contribution in [1.82, 2.24) is 10.4 Å². The summed E-state index contributed by atoms with van der Waals surface area (Å²) in [5.74, 6) is 5.34. The van der Waals surface area contributed by atoms with Gasteiger partial charge in [-0.3, -0.25) is 15.2 Å². The number of amides is 1. The van der Waals surface area contributed by atoms with Crippen molar-refractivity contribution in [2.75, 3.05) is 7.11 Å². The Labute approximate surface area is 126 Å². The molecule has 1 aromatic carbocycles. The zero-order valence-electron chi connectivity index (χ0n) is 11.3. The maximum absolute atomic E-state index is 11.5. The number of carbonyl (C=O) groups is 1. The van der Waals surface area contributed by atoms with Gasteiger partial charge in [0.25, 0.3) is 5.91 Å². The fourth-order valence-corrected chi connectivity index (χ4v) is 1.98. The van der Waals surface area contributed by atoms with Crippen molar-refractivity contribution in [2.45, 2.75) is 6.61 Å². The van der Waals surface area contributed by atoms with Crippen LogP contribution in [0.5, 0.6) is 11.5 Å². The molecule has 2 rings (SSSR count). The Morgan fingerprint density at radius 2 is 2.29 bits per heavy atom. The molecule has 1 amide bonds. The number of benzene rings is 1. The number of pyridine rings is 1. The third-order valence-electron chi connectivity index (χ3n) is 2.73.